The number of hydrogen-bond donors (Lipinski definition) is 2. The molecule has 2 heterocycles. The van der Waals surface area contributed by atoms with Gasteiger partial charge in [0.2, 0.25) is 5.91 Å². The minimum atomic E-state index is -0.105. The Kier molecular flexibility index (Phi) is 8.74. The van der Waals surface area contributed by atoms with Crippen molar-refractivity contribution in [2.75, 3.05) is 19.6 Å². The second kappa shape index (κ2) is 11.7. The third kappa shape index (κ3) is 6.58. The molecular formula is C22H31N5O2S. The number of aromatic amines is 1. The second-order valence-corrected chi connectivity index (χ2v) is 8.68. The van der Waals surface area contributed by atoms with E-state index < -0.39 is 0 Å². The minimum absolute atomic E-state index is 0.00452. The highest BCUT2D eigenvalue weighted by atomic mass is 32.2. The Bertz CT molecular complexity index is 794. The number of piperidine rings is 1. The summed E-state index contributed by atoms with van der Waals surface area (Å²) in [5, 5.41) is 10.5. The summed E-state index contributed by atoms with van der Waals surface area (Å²) >= 11 is 1.57. The summed E-state index contributed by atoms with van der Waals surface area (Å²) in [6.45, 7) is 4.12. The van der Waals surface area contributed by atoms with E-state index in [0.717, 1.165) is 48.7 Å². The van der Waals surface area contributed by atoms with Crippen LogP contribution in [0.5, 0.6) is 0 Å². The average molecular weight is 430 g/mol. The number of amides is 2. The summed E-state index contributed by atoms with van der Waals surface area (Å²) in [4.78, 5) is 31.3. The van der Waals surface area contributed by atoms with Gasteiger partial charge in [0.15, 0.2) is 5.16 Å². The summed E-state index contributed by atoms with van der Waals surface area (Å²) in [5.41, 5.74) is 1.79. The van der Waals surface area contributed by atoms with Crippen LogP contribution < -0.4 is 5.32 Å². The highest BCUT2D eigenvalue weighted by Crippen LogP contribution is 2.21. The molecule has 0 aliphatic carbocycles. The molecule has 0 radical (unpaired) electrons. The Morgan fingerprint density at radius 1 is 1.23 bits per heavy atom. The number of nitrogens with one attached hydrogen (secondary N) is 2. The lowest BCUT2D eigenvalue weighted by molar-refractivity contribution is -0.126. The number of hydrogen-bond acceptors (Lipinski definition) is 5. The molecule has 2 amide bonds. The van der Waals surface area contributed by atoms with E-state index in [2.05, 4.69) is 27.4 Å². The van der Waals surface area contributed by atoms with Gasteiger partial charge in [-0.05, 0) is 37.0 Å². The number of benzene rings is 1. The largest absolute Gasteiger partial charge is 0.356 e. The van der Waals surface area contributed by atoms with E-state index in [4.69, 9.17) is 0 Å². The smallest absolute Gasteiger partial charge is 0.253 e. The van der Waals surface area contributed by atoms with Crippen LogP contribution in [0.15, 0.2) is 35.7 Å². The van der Waals surface area contributed by atoms with E-state index >= 15 is 0 Å². The Labute approximate surface area is 182 Å². The number of carbonyl (C=O) groups is 2. The lowest BCUT2D eigenvalue weighted by atomic mass is 9.96. The normalized spacial score (nSPS) is 16.4. The Balaban J connectivity index is 1.47. The maximum Gasteiger partial charge on any atom is 0.253 e. The zero-order chi connectivity index (χ0) is 21.2. The van der Waals surface area contributed by atoms with Crippen molar-refractivity contribution in [3.8, 4) is 0 Å². The van der Waals surface area contributed by atoms with Gasteiger partial charge < -0.3 is 10.2 Å². The first kappa shape index (κ1) is 22.3. The predicted molar refractivity (Wildman–Crippen MR) is 118 cm³/mol. The molecule has 1 saturated heterocycles. The van der Waals surface area contributed by atoms with Crippen LogP contribution in [-0.4, -0.2) is 51.5 Å². The van der Waals surface area contributed by atoms with E-state index in [1.807, 2.05) is 29.2 Å². The van der Waals surface area contributed by atoms with E-state index in [0.29, 0.717) is 18.7 Å². The standard InChI is InChI=1S/C22H31N5O2S/c1-2-3-4-5-12-23-20(28)19-7-6-13-27(14-19)21(29)18-10-8-17(9-11-18)15-30-22-24-16-25-26-22/h8-11,16,19H,2-7,12-15H2,1H3,(H,23,28)(H,24,25,26). The molecule has 2 aromatic rings. The molecular weight excluding hydrogens is 398 g/mol. The van der Waals surface area contributed by atoms with E-state index in [1.54, 1.807) is 11.8 Å². The van der Waals surface area contributed by atoms with Crippen LogP contribution in [0, 0.1) is 5.92 Å². The maximum absolute atomic E-state index is 12.9. The predicted octanol–water partition coefficient (Wildman–Crippen LogP) is 3.65. The number of aromatic nitrogens is 3. The molecule has 2 N–H and O–H groups in total. The molecule has 7 nitrogen and oxygen atoms in total. The van der Waals surface area contributed by atoms with Crippen LogP contribution in [0.25, 0.3) is 0 Å². The highest BCUT2D eigenvalue weighted by molar-refractivity contribution is 7.98. The number of nitrogens with zero attached hydrogens (tertiary/aromatic N) is 3. The number of rotatable bonds is 10. The SMILES string of the molecule is CCCCCCNC(=O)C1CCCN(C(=O)c2ccc(CSc3ncn[nH]3)cc2)C1. The molecule has 1 aromatic carbocycles. The first-order chi connectivity index (χ1) is 14.7. The number of unbranched alkanes of at least 4 members (excludes halogenated alkanes) is 3. The van der Waals surface area contributed by atoms with Gasteiger partial charge in [-0.1, -0.05) is 50.1 Å². The third-order valence-corrected chi connectivity index (χ3v) is 6.33. The van der Waals surface area contributed by atoms with E-state index in [-0.39, 0.29) is 17.7 Å². The average Bonchev–Trinajstić information content (AvgIpc) is 3.31. The number of likely N-dealkylation sites (tertiary alicyclic amines) is 1. The summed E-state index contributed by atoms with van der Waals surface area (Å²) in [6.07, 6.45) is 7.78. The highest BCUT2D eigenvalue weighted by Gasteiger charge is 2.28. The fourth-order valence-electron chi connectivity index (χ4n) is 3.62. The Morgan fingerprint density at radius 3 is 2.80 bits per heavy atom. The van der Waals surface area contributed by atoms with Gasteiger partial charge in [-0.3, -0.25) is 14.7 Å². The van der Waals surface area contributed by atoms with Crippen molar-refractivity contribution in [1.29, 1.82) is 0 Å². The zero-order valence-corrected chi connectivity index (χ0v) is 18.4. The molecule has 0 saturated carbocycles. The molecule has 0 bridgehead atoms. The summed E-state index contributed by atoms with van der Waals surface area (Å²) in [5.74, 6) is 0.744. The van der Waals surface area contributed by atoms with Crippen LogP contribution in [0.4, 0.5) is 0 Å². The van der Waals surface area contributed by atoms with Gasteiger partial charge in [0.05, 0.1) is 5.92 Å². The molecule has 1 atom stereocenters. The molecule has 1 aliphatic heterocycles. The van der Waals surface area contributed by atoms with Crippen LogP contribution in [0.2, 0.25) is 0 Å². The van der Waals surface area contributed by atoms with Crippen molar-refractivity contribution in [3.63, 3.8) is 0 Å². The van der Waals surface area contributed by atoms with Crippen molar-refractivity contribution in [1.82, 2.24) is 25.4 Å². The van der Waals surface area contributed by atoms with Crippen LogP contribution in [0.1, 0.15) is 61.4 Å². The molecule has 1 aliphatic rings. The van der Waals surface area contributed by atoms with Gasteiger partial charge in [-0.25, -0.2) is 4.98 Å². The molecule has 1 fully saturated rings. The van der Waals surface area contributed by atoms with Gasteiger partial charge in [-0.15, -0.1) is 0 Å². The van der Waals surface area contributed by atoms with Crippen molar-refractivity contribution in [2.24, 2.45) is 5.92 Å². The van der Waals surface area contributed by atoms with Crippen molar-refractivity contribution < 1.29 is 9.59 Å². The molecule has 30 heavy (non-hydrogen) atoms. The van der Waals surface area contributed by atoms with Crippen LogP contribution in [-0.2, 0) is 10.5 Å². The maximum atomic E-state index is 12.9. The van der Waals surface area contributed by atoms with Gasteiger partial charge in [-0.2, -0.15) is 5.10 Å². The monoisotopic (exact) mass is 429 g/mol. The van der Waals surface area contributed by atoms with Crippen molar-refractivity contribution in [2.45, 2.75) is 56.4 Å². The molecule has 162 valence electrons. The fraction of sp³-hybridized carbons (Fsp3) is 0.545. The molecule has 8 heteroatoms. The quantitative estimate of drug-likeness (QED) is 0.444. The lowest BCUT2D eigenvalue weighted by Gasteiger charge is -2.32. The topological polar surface area (TPSA) is 91.0 Å². The number of H-pyrrole nitrogens is 1. The Morgan fingerprint density at radius 2 is 2.07 bits per heavy atom. The first-order valence-electron chi connectivity index (χ1n) is 10.8. The van der Waals surface area contributed by atoms with E-state index in [9.17, 15) is 9.59 Å². The van der Waals surface area contributed by atoms with E-state index in [1.165, 1.54) is 19.2 Å². The van der Waals surface area contributed by atoms with Crippen molar-refractivity contribution >= 4 is 23.6 Å². The molecule has 3 rings (SSSR count). The van der Waals surface area contributed by atoms with Gasteiger partial charge >= 0.3 is 0 Å². The summed E-state index contributed by atoms with van der Waals surface area (Å²) in [6, 6.07) is 7.69. The minimum Gasteiger partial charge on any atom is -0.356 e. The molecule has 1 unspecified atom stereocenters. The van der Waals surface area contributed by atoms with Gasteiger partial charge in [0.25, 0.3) is 5.91 Å². The third-order valence-electron chi connectivity index (χ3n) is 5.38. The summed E-state index contributed by atoms with van der Waals surface area (Å²) in [7, 11) is 0. The fourth-order valence-corrected chi connectivity index (χ4v) is 4.36. The summed E-state index contributed by atoms with van der Waals surface area (Å²) < 4.78 is 0. The van der Waals surface area contributed by atoms with Gasteiger partial charge in [0, 0.05) is 31.0 Å². The molecule has 0 spiro atoms. The number of carbonyl (C=O) groups excluding carboxylic acids is 2. The first-order valence-corrected chi connectivity index (χ1v) is 11.8. The van der Waals surface area contributed by atoms with Gasteiger partial charge in [0.1, 0.15) is 6.33 Å². The Hall–Kier alpha value is -2.35. The lowest BCUT2D eigenvalue weighted by Crippen LogP contribution is -2.45. The zero-order valence-electron chi connectivity index (χ0n) is 17.6. The molecule has 1 aromatic heterocycles. The van der Waals surface area contributed by atoms with Crippen LogP contribution >= 0.6 is 11.8 Å². The van der Waals surface area contributed by atoms with Crippen LogP contribution in [0.3, 0.4) is 0 Å². The second-order valence-electron chi connectivity index (χ2n) is 7.72. The van der Waals surface area contributed by atoms with Crippen molar-refractivity contribution in [3.05, 3.63) is 41.7 Å². The number of thioether (sulfide) groups is 1.